The van der Waals surface area contributed by atoms with E-state index in [1.54, 1.807) is 5.38 Å². The maximum Gasteiger partial charge on any atom is 0.325 e. The fourth-order valence-corrected chi connectivity index (χ4v) is 4.18. The summed E-state index contributed by atoms with van der Waals surface area (Å²) in [5.74, 6) is -0.286. The fourth-order valence-electron chi connectivity index (χ4n) is 3.46. The molecule has 1 unspecified atom stereocenters. The highest BCUT2D eigenvalue weighted by atomic mass is 32.1. The molecule has 1 saturated heterocycles. The SMILES string of the molecule is O=C1NC2(CCc3ccccc32)C(=O)N1Cc1csc([N+](=O)[O-])c1. The van der Waals surface area contributed by atoms with Gasteiger partial charge in [0.25, 0.3) is 5.91 Å². The van der Waals surface area contributed by atoms with E-state index in [-0.39, 0.29) is 17.5 Å². The first-order chi connectivity index (χ1) is 11.5. The summed E-state index contributed by atoms with van der Waals surface area (Å²) in [4.78, 5) is 36.8. The Bertz CT molecular complexity index is 878. The van der Waals surface area contributed by atoms with Crippen LogP contribution in [-0.4, -0.2) is 21.8 Å². The zero-order valence-electron chi connectivity index (χ0n) is 12.5. The molecule has 1 aromatic heterocycles. The van der Waals surface area contributed by atoms with E-state index in [4.69, 9.17) is 0 Å². The van der Waals surface area contributed by atoms with Gasteiger partial charge < -0.3 is 5.32 Å². The minimum Gasteiger partial charge on any atom is -0.319 e. The highest BCUT2D eigenvalue weighted by Crippen LogP contribution is 2.41. The summed E-state index contributed by atoms with van der Waals surface area (Å²) in [6, 6.07) is 8.56. The molecule has 0 radical (unpaired) electrons. The monoisotopic (exact) mass is 343 g/mol. The number of rotatable bonds is 3. The fraction of sp³-hybridized carbons (Fsp3) is 0.250. The van der Waals surface area contributed by atoms with Crippen molar-refractivity contribution in [3.8, 4) is 0 Å². The number of hydrogen-bond donors (Lipinski definition) is 1. The van der Waals surface area contributed by atoms with Crippen molar-refractivity contribution in [3.05, 3.63) is 62.5 Å². The molecule has 0 saturated carbocycles. The number of imide groups is 1. The van der Waals surface area contributed by atoms with Gasteiger partial charge in [-0.1, -0.05) is 35.6 Å². The molecule has 8 heteroatoms. The Morgan fingerprint density at radius 1 is 1.33 bits per heavy atom. The molecule has 122 valence electrons. The summed E-state index contributed by atoms with van der Waals surface area (Å²) in [7, 11) is 0. The highest BCUT2D eigenvalue weighted by Gasteiger charge is 2.55. The third-order valence-electron chi connectivity index (χ3n) is 4.58. The van der Waals surface area contributed by atoms with Crippen LogP contribution < -0.4 is 5.32 Å². The van der Waals surface area contributed by atoms with Gasteiger partial charge in [0, 0.05) is 11.4 Å². The second-order valence-electron chi connectivity index (χ2n) is 5.93. The summed E-state index contributed by atoms with van der Waals surface area (Å²) in [6.07, 6.45) is 1.27. The Balaban J connectivity index is 1.64. The van der Waals surface area contributed by atoms with Crippen molar-refractivity contribution in [2.45, 2.75) is 24.9 Å². The molecule has 1 N–H and O–H groups in total. The number of hydrogen-bond acceptors (Lipinski definition) is 5. The lowest BCUT2D eigenvalue weighted by Gasteiger charge is -2.22. The van der Waals surface area contributed by atoms with E-state index in [0.717, 1.165) is 33.8 Å². The average Bonchev–Trinajstić information content (AvgIpc) is 3.23. The van der Waals surface area contributed by atoms with Crippen LogP contribution in [0.15, 0.2) is 35.7 Å². The van der Waals surface area contributed by atoms with Gasteiger partial charge in [-0.2, -0.15) is 0 Å². The summed E-state index contributed by atoms with van der Waals surface area (Å²) < 4.78 is 0. The maximum atomic E-state index is 13.0. The summed E-state index contributed by atoms with van der Waals surface area (Å²) in [5, 5.41) is 15.2. The van der Waals surface area contributed by atoms with E-state index >= 15 is 0 Å². The van der Waals surface area contributed by atoms with E-state index in [1.807, 2.05) is 24.3 Å². The molecule has 24 heavy (non-hydrogen) atoms. The Morgan fingerprint density at radius 2 is 2.12 bits per heavy atom. The lowest BCUT2D eigenvalue weighted by molar-refractivity contribution is -0.380. The Hall–Kier alpha value is -2.74. The standard InChI is InChI=1S/C16H13N3O4S/c20-14-16(6-5-11-3-1-2-4-12(11)16)17-15(21)18(14)8-10-7-13(19(22)23)24-9-10/h1-4,7,9H,5-6,8H2,(H,17,21). The van der Waals surface area contributed by atoms with Gasteiger partial charge in [-0.3, -0.25) is 19.8 Å². The van der Waals surface area contributed by atoms with Crippen molar-refractivity contribution in [2.75, 3.05) is 0 Å². The molecule has 0 bridgehead atoms. The number of nitro groups is 1. The van der Waals surface area contributed by atoms with Gasteiger partial charge in [0.05, 0.1) is 11.5 Å². The van der Waals surface area contributed by atoms with Gasteiger partial charge in [0.2, 0.25) is 0 Å². The van der Waals surface area contributed by atoms with Crippen LogP contribution in [0.4, 0.5) is 9.80 Å². The summed E-state index contributed by atoms with van der Waals surface area (Å²) >= 11 is 0.987. The molecule has 2 heterocycles. The average molecular weight is 343 g/mol. The van der Waals surface area contributed by atoms with E-state index in [0.29, 0.717) is 12.0 Å². The zero-order valence-corrected chi connectivity index (χ0v) is 13.3. The Labute approximate surface area is 141 Å². The van der Waals surface area contributed by atoms with E-state index in [9.17, 15) is 19.7 Å². The minimum absolute atomic E-state index is 0.00187. The Kier molecular flexibility index (Phi) is 3.17. The van der Waals surface area contributed by atoms with Crippen molar-refractivity contribution >= 4 is 28.3 Å². The number of amides is 3. The molecule has 3 amide bonds. The lowest BCUT2D eigenvalue weighted by Crippen LogP contribution is -2.41. The summed E-state index contributed by atoms with van der Waals surface area (Å²) in [6.45, 7) is 0.0406. The van der Waals surface area contributed by atoms with E-state index < -0.39 is 16.5 Å². The number of aryl methyl sites for hydroxylation is 1. The van der Waals surface area contributed by atoms with Crippen LogP contribution in [0.3, 0.4) is 0 Å². The third-order valence-corrected chi connectivity index (χ3v) is 5.51. The van der Waals surface area contributed by atoms with Gasteiger partial charge in [0.1, 0.15) is 5.54 Å². The number of fused-ring (bicyclic) bond motifs is 2. The predicted octanol–water partition coefficient (Wildman–Crippen LogP) is 2.55. The molecular formula is C16H13N3O4S. The normalized spacial score (nSPS) is 22.1. The number of urea groups is 1. The van der Waals surface area contributed by atoms with Crippen LogP contribution >= 0.6 is 11.3 Å². The molecule has 2 aromatic rings. The number of nitrogens with one attached hydrogen (secondary N) is 1. The van der Waals surface area contributed by atoms with Crippen LogP contribution in [0.1, 0.15) is 23.1 Å². The quantitative estimate of drug-likeness (QED) is 0.526. The van der Waals surface area contributed by atoms with Crippen molar-refractivity contribution < 1.29 is 14.5 Å². The molecule has 1 aromatic carbocycles. The third kappa shape index (κ3) is 2.03. The van der Waals surface area contributed by atoms with Gasteiger partial charge in [-0.05, 0) is 29.5 Å². The largest absolute Gasteiger partial charge is 0.325 e. The first kappa shape index (κ1) is 14.8. The second kappa shape index (κ2) is 5.13. The van der Waals surface area contributed by atoms with E-state index in [1.165, 1.54) is 6.07 Å². The molecule has 1 spiro atoms. The number of carbonyl (C=O) groups is 2. The number of nitrogens with zero attached hydrogens (tertiary/aromatic N) is 2. The molecule has 1 fully saturated rings. The van der Waals surface area contributed by atoms with Gasteiger partial charge >= 0.3 is 11.0 Å². The van der Waals surface area contributed by atoms with Crippen LogP contribution in [0, 0.1) is 10.1 Å². The van der Waals surface area contributed by atoms with Crippen LogP contribution in [0.2, 0.25) is 0 Å². The molecule has 2 aliphatic rings. The summed E-state index contributed by atoms with van der Waals surface area (Å²) in [5.41, 5.74) is 1.51. The Morgan fingerprint density at radius 3 is 2.88 bits per heavy atom. The topological polar surface area (TPSA) is 92.6 Å². The molecule has 4 rings (SSSR count). The first-order valence-corrected chi connectivity index (χ1v) is 8.33. The zero-order chi connectivity index (χ0) is 16.9. The highest BCUT2D eigenvalue weighted by molar-refractivity contribution is 7.13. The molecular weight excluding hydrogens is 330 g/mol. The van der Waals surface area contributed by atoms with E-state index in [2.05, 4.69) is 5.32 Å². The second-order valence-corrected chi connectivity index (χ2v) is 6.82. The predicted molar refractivity (Wildman–Crippen MR) is 86.5 cm³/mol. The van der Waals surface area contributed by atoms with Crippen molar-refractivity contribution in [1.29, 1.82) is 0 Å². The van der Waals surface area contributed by atoms with Crippen LogP contribution in [-0.2, 0) is 23.3 Å². The number of thiophene rings is 1. The van der Waals surface area contributed by atoms with Crippen molar-refractivity contribution in [2.24, 2.45) is 0 Å². The number of carbonyl (C=O) groups excluding carboxylic acids is 2. The van der Waals surface area contributed by atoms with Crippen LogP contribution in [0.25, 0.3) is 0 Å². The maximum absolute atomic E-state index is 13.0. The van der Waals surface area contributed by atoms with Gasteiger partial charge in [-0.15, -0.1) is 0 Å². The van der Waals surface area contributed by atoms with Crippen molar-refractivity contribution in [3.63, 3.8) is 0 Å². The first-order valence-electron chi connectivity index (χ1n) is 7.45. The van der Waals surface area contributed by atoms with Crippen molar-refractivity contribution in [1.82, 2.24) is 10.2 Å². The molecule has 1 aliphatic heterocycles. The molecule has 7 nitrogen and oxygen atoms in total. The molecule has 1 atom stereocenters. The van der Waals surface area contributed by atoms with Gasteiger partial charge in [-0.25, -0.2) is 4.79 Å². The molecule has 1 aliphatic carbocycles. The van der Waals surface area contributed by atoms with Crippen LogP contribution in [0.5, 0.6) is 0 Å². The van der Waals surface area contributed by atoms with Gasteiger partial charge in [0.15, 0.2) is 0 Å². The number of benzene rings is 1. The lowest BCUT2D eigenvalue weighted by atomic mass is 9.92. The smallest absolute Gasteiger partial charge is 0.319 e. The minimum atomic E-state index is -0.990.